The number of hydrogen-bond acceptors (Lipinski definition) is 3. The highest BCUT2D eigenvalue weighted by Gasteiger charge is 2.18. The van der Waals surface area contributed by atoms with Crippen molar-refractivity contribution in [1.82, 2.24) is 14.9 Å². The molecule has 0 aromatic carbocycles. The van der Waals surface area contributed by atoms with Gasteiger partial charge in [0.2, 0.25) is 0 Å². The summed E-state index contributed by atoms with van der Waals surface area (Å²) in [5.41, 5.74) is 0. The van der Waals surface area contributed by atoms with Gasteiger partial charge in [-0.1, -0.05) is 13.8 Å². The molecule has 1 rings (SSSR count). The minimum absolute atomic E-state index is 0.0108. The molecule has 1 heterocycles. The van der Waals surface area contributed by atoms with Crippen LogP contribution < -0.4 is 4.72 Å². The number of aromatic nitrogens is 2. The van der Waals surface area contributed by atoms with Crippen molar-refractivity contribution in [3.63, 3.8) is 0 Å². The van der Waals surface area contributed by atoms with Gasteiger partial charge in [0.25, 0.3) is 10.0 Å². The Morgan fingerprint density at radius 2 is 2.14 bits per heavy atom. The van der Waals surface area contributed by atoms with Gasteiger partial charge >= 0.3 is 0 Å². The second-order valence-corrected chi connectivity index (χ2v) is 4.74. The molecule has 1 aromatic heterocycles. The van der Waals surface area contributed by atoms with E-state index in [1.807, 2.05) is 13.8 Å². The highest BCUT2D eigenvalue weighted by atomic mass is 32.2. The molecule has 0 radical (unpaired) electrons. The van der Waals surface area contributed by atoms with E-state index in [9.17, 15) is 8.42 Å². The molecular weight excluding hydrogens is 202 g/mol. The monoisotopic (exact) mass is 217 g/mol. The number of nitrogens with zero attached hydrogens (tertiary/aromatic N) is 1. The third-order valence-corrected chi connectivity index (χ3v) is 3.52. The van der Waals surface area contributed by atoms with Gasteiger partial charge in [-0.25, -0.2) is 13.1 Å². The second-order valence-electron chi connectivity index (χ2n) is 3.06. The van der Waals surface area contributed by atoms with Crippen molar-refractivity contribution in [2.45, 2.75) is 37.8 Å². The van der Waals surface area contributed by atoms with Gasteiger partial charge in [0.05, 0.1) is 6.20 Å². The van der Waals surface area contributed by atoms with Crippen LogP contribution in [-0.2, 0) is 10.0 Å². The first-order chi connectivity index (χ1) is 6.60. The van der Waals surface area contributed by atoms with Crippen molar-refractivity contribution >= 4 is 10.0 Å². The molecule has 0 saturated carbocycles. The Kier molecular flexibility index (Phi) is 3.65. The lowest BCUT2D eigenvalue weighted by atomic mass is 10.2. The van der Waals surface area contributed by atoms with Crippen LogP contribution in [0.3, 0.4) is 0 Å². The second kappa shape index (κ2) is 4.56. The summed E-state index contributed by atoms with van der Waals surface area (Å²) in [6.07, 6.45) is 2.98. The normalized spacial score (nSPS) is 12.2. The van der Waals surface area contributed by atoms with Crippen LogP contribution in [0.1, 0.15) is 26.7 Å². The van der Waals surface area contributed by atoms with Crippen LogP contribution in [0.25, 0.3) is 0 Å². The van der Waals surface area contributed by atoms with Gasteiger partial charge in [0.1, 0.15) is 0 Å². The molecule has 1 aromatic rings. The van der Waals surface area contributed by atoms with Gasteiger partial charge in [0.15, 0.2) is 5.03 Å². The van der Waals surface area contributed by atoms with Crippen LogP contribution in [-0.4, -0.2) is 24.7 Å². The Morgan fingerprint density at radius 3 is 2.57 bits per heavy atom. The number of rotatable bonds is 5. The summed E-state index contributed by atoms with van der Waals surface area (Å²) >= 11 is 0. The SMILES string of the molecule is CCC(CC)NS(=O)(=O)c1ccn[nH]1. The van der Waals surface area contributed by atoms with E-state index in [1.165, 1.54) is 12.3 Å². The zero-order valence-electron chi connectivity index (χ0n) is 8.32. The van der Waals surface area contributed by atoms with Crippen LogP contribution in [0.5, 0.6) is 0 Å². The van der Waals surface area contributed by atoms with Gasteiger partial charge in [-0.2, -0.15) is 5.10 Å². The third-order valence-electron chi connectivity index (χ3n) is 2.07. The summed E-state index contributed by atoms with van der Waals surface area (Å²) in [6.45, 7) is 3.90. The summed E-state index contributed by atoms with van der Waals surface area (Å²) in [5, 5.41) is 6.15. The lowest BCUT2D eigenvalue weighted by molar-refractivity contribution is 0.527. The Labute approximate surface area is 84.0 Å². The molecule has 0 unspecified atom stereocenters. The van der Waals surface area contributed by atoms with Crippen LogP contribution in [0.2, 0.25) is 0 Å². The standard InChI is InChI=1S/C8H15N3O2S/c1-3-7(4-2)11-14(12,13)8-5-6-9-10-8/h5-7,11H,3-4H2,1-2H3,(H,9,10). The predicted molar refractivity (Wildman–Crippen MR) is 53.3 cm³/mol. The van der Waals surface area contributed by atoms with Gasteiger partial charge in [-0.15, -0.1) is 0 Å². The van der Waals surface area contributed by atoms with Crippen LogP contribution in [0.4, 0.5) is 0 Å². The van der Waals surface area contributed by atoms with E-state index in [4.69, 9.17) is 0 Å². The molecule has 80 valence electrons. The van der Waals surface area contributed by atoms with Crippen molar-refractivity contribution in [3.8, 4) is 0 Å². The lowest BCUT2D eigenvalue weighted by Gasteiger charge is -2.13. The molecule has 5 nitrogen and oxygen atoms in total. The fourth-order valence-corrected chi connectivity index (χ4v) is 2.44. The Morgan fingerprint density at radius 1 is 1.50 bits per heavy atom. The molecule has 0 fully saturated rings. The topological polar surface area (TPSA) is 74.8 Å². The maximum Gasteiger partial charge on any atom is 0.257 e. The van der Waals surface area contributed by atoms with Crippen molar-refractivity contribution in [3.05, 3.63) is 12.3 Å². The lowest BCUT2D eigenvalue weighted by Crippen LogP contribution is -2.34. The summed E-state index contributed by atoms with van der Waals surface area (Å²) in [6, 6.07) is 1.42. The van der Waals surface area contributed by atoms with Crippen molar-refractivity contribution < 1.29 is 8.42 Å². The van der Waals surface area contributed by atoms with Gasteiger partial charge in [-0.05, 0) is 18.9 Å². The molecule has 0 saturated heterocycles. The van der Waals surface area contributed by atoms with Crippen LogP contribution >= 0.6 is 0 Å². The molecule has 0 amide bonds. The largest absolute Gasteiger partial charge is 0.266 e. The van der Waals surface area contributed by atoms with Gasteiger partial charge in [0, 0.05) is 6.04 Å². The average molecular weight is 217 g/mol. The number of hydrogen-bond donors (Lipinski definition) is 2. The number of sulfonamides is 1. The molecule has 2 N–H and O–H groups in total. The molecular formula is C8H15N3O2S. The summed E-state index contributed by atoms with van der Waals surface area (Å²) < 4.78 is 25.9. The van der Waals surface area contributed by atoms with Crippen LogP contribution in [0, 0.1) is 0 Å². The van der Waals surface area contributed by atoms with E-state index < -0.39 is 10.0 Å². The van der Waals surface area contributed by atoms with Crippen LogP contribution in [0.15, 0.2) is 17.3 Å². The number of H-pyrrole nitrogens is 1. The molecule has 6 heteroatoms. The number of aromatic amines is 1. The van der Waals surface area contributed by atoms with E-state index in [1.54, 1.807) is 0 Å². The molecule has 0 atom stereocenters. The first-order valence-electron chi connectivity index (χ1n) is 4.61. The minimum Gasteiger partial charge on any atom is -0.266 e. The highest BCUT2D eigenvalue weighted by molar-refractivity contribution is 7.89. The zero-order chi connectivity index (χ0) is 10.6. The first-order valence-corrected chi connectivity index (χ1v) is 6.10. The predicted octanol–water partition coefficient (Wildman–Crippen LogP) is 0.877. The Bertz CT molecular complexity index is 354. The van der Waals surface area contributed by atoms with E-state index >= 15 is 0 Å². The molecule has 0 spiro atoms. The summed E-state index contributed by atoms with van der Waals surface area (Å²) in [4.78, 5) is 0. The highest BCUT2D eigenvalue weighted by Crippen LogP contribution is 2.06. The fourth-order valence-electron chi connectivity index (χ4n) is 1.13. The maximum absolute atomic E-state index is 11.6. The summed E-state index contributed by atoms with van der Waals surface area (Å²) in [7, 11) is -3.41. The average Bonchev–Trinajstić information content (AvgIpc) is 2.67. The van der Waals surface area contributed by atoms with Crippen molar-refractivity contribution in [1.29, 1.82) is 0 Å². The smallest absolute Gasteiger partial charge is 0.257 e. The Hall–Kier alpha value is -0.880. The quantitative estimate of drug-likeness (QED) is 0.768. The van der Waals surface area contributed by atoms with E-state index in [0.717, 1.165) is 12.8 Å². The number of nitrogens with one attached hydrogen (secondary N) is 2. The molecule has 0 bridgehead atoms. The molecule has 0 aliphatic rings. The minimum atomic E-state index is -3.41. The first kappa shape index (κ1) is 11.2. The van der Waals surface area contributed by atoms with Gasteiger partial charge < -0.3 is 0 Å². The van der Waals surface area contributed by atoms with E-state index in [2.05, 4.69) is 14.9 Å². The molecule has 0 aliphatic carbocycles. The van der Waals surface area contributed by atoms with Gasteiger partial charge in [-0.3, -0.25) is 5.10 Å². The van der Waals surface area contributed by atoms with E-state index in [0.29, 0.717) is 0 Å². The van der Waals surface area contributed by atoms with E-state index in [-0.39, 0.29) is 11.1 Å². The Balaban J connectivity index is 2.77. The molecule has 0 aliphatic heterocycles. The maximum atomic E-state index is 11.6. The van der Waals surface area contributed by atoms with Crippen molar-refractivity contribution in [2.24, 2.45) is 0 Å². The zero-order valence-corrected chi connectivity index (χ0v) is 9.13. The third kappa shape index (κ3) is 2.55. The van der Waals surface area contributed by atoms with Crippen molar-refractivity contribution in [2.75, 3.05) is 0 Å². The summed E-state index contributed by atoms with van der Waals surface area (Å²) in [5.74, 6) is 0. The fraction of sp³-hybridized carbons (Fsp3) is 0.625. The molecule has 14 heavy (non-hydrogen) atoms.